The van der Waals surface area contributed by atoms with Crippen LogP contribution in [0.2, 0.25) is 0 Å². The number of rotatable bonds is 6. The summed E-state index contributed by atoms with van der Waals surface area (Å²) in [6, 6.07) is 20.2. The smallest absolute Gasteiger partial charge is 0.125 e. The Labute approximate surface area is 242 Å². The highest BCUT2D eigenvalue weighted by molar-refractivity contribution is 5.81. The summed E-state index contributed by atoms with van der Waals surface area (Å²) < 4.78 is 8.43. The van der Waals surface area contributed by atoms with E-state index in [0.29, 0.717) is 11.8 Å². The van der Waals surface area contributed by atoms with Gasteiger partial charge in [0.25, 0.3) is 0 Å². The van der Waals surface area contributed by atoms with Crippen molar-refractivity contribution >= 4 is 21.9 Å². The van der Waals surface area contributed by atoms with Gasteiger partial charge >= 0.3 is 0 Å². The van der Waals surface area contributed by atoms with Crippen LogP contribution >= 0.6 is 0 Å². The summed E-state index contributed by atoms with van der Waals surface area (Å²) in [6.07, 6.45) is 6.90. The summed E-state index contributed by atoms with van der Waals surface area (Å²) in [7, 11) is 1.97. The standard InChI is InChI=1S/C35H39N5O/c1-5-29-21-40(20-28-17-31-25(10-7-15-36-31)18-33(28)41-29)19-27-16-26(12-11-22(27)2)34(24-8-6-9-24)30-13-14-32-35(23(30)3)37-38-39(32)4/h7,10-18,24,29,34H,5-6,8-9,19-21H2,1-4H3/t29-,34?/m1/s1. The molecular weight excluding hydrogens is 506 g/mol. The van der Waals surface area contributed by atoms with Gasteiger partial charge < -0.3 is 4.74 Å². The van der Waals surface area contributed by atoms with Crippen molar-refractivity contribution in [3.05, 3.63) is 94.2 Å². The van der Waals surface area contributed by atoms with E-state index >= 15 is 0 Å². The lowest BCUT2D eigenvalue weighted by molar-refractivity contribution is 0.139. The average Bonchev–Trinajstić information content (AvgIpc) is 3.24. The molecule has 1 fully saturated rings. The molecule has 1 aliphatic heterocycles. The van der Waals surface area contributed by atoms with Crippen LogP contribution in [-0.2, 0) is 20.1 Å². The predicted octanol–water partition coefficient (Wildman–Crippen LogP) is 7.24. The maximum atomic E-state index is 6.55. The van der Waals surface area contributed by atoms with E-state index in [1.54, 1.807) is 0 Å². The van der Waals surface area contributed by atoms with Crippen molar-refractivity contribution in [2.45, 2.75) is 71.6 Å². The Balaban J connectivity index is 1.23. The van der Waals surface area contributed by atoms with Crippen LogP contribution in [0.25, 0.3) is 21.9 Å². The Bertz CT molecular complexity index is 1740. The van der Waals surface area contributed by atoms with Crippen molar-refractivity contribution in [1.82, 2.24) is 24.9 Å². The lowest BCUT2D eigenvalue weighted by atomic mass is 9.69. The Morgan fingerprint density at radius 2 is 1.93 bits per heavy atom. The molecule has 41 heavy (non-hydrogen) atoms. The van der Waals surface area contributed by atoms with E-state index in [1.165, 1.54) is 52.6 Å². The molecule has 3 heterocycles. The Morgan fingerprint density at radius 3 is 2.73 bits per heavy atom. The molecule has 5 aromatic rings. The van der Waals surface area contributed by atoms with Crippen molar-refractivity contribution in [1.29, 1.82) is 0 Å². The average molecular weight is 546 g/mol. The van der Waals surface area contributed by atoms with Gasteiger partial charge in [0.2, 0.25) is 0 Å². The second-order valence-corrected chi connectivity index (χ2v) is 12.2. The SMILES string of the molecule is CC[C@@H]1CN(Cc2cc(C(c3ccc4c(nnn4C)c3C)C3CCC3)ccc2C)Cc2cc3ncccc3cc2O1. The van der Waals surface area contributed by atoms with Crippen LogP contribution in [-0.4, -0.2) is 37.5 Å². The summed E-state index contributed by atoms with van der Waals surface area (Å²) >= 11 is 0. The van der Waals surface area contributed by atoms with Gasteiger partial charge in [0.1, 0.15) is 17.4 Å². The zero-order valence-corrected chi connectivity index (χ0v) is 24.6. The molecule has 6 nitrogen and oxygen atoms in total. The normalized spacial score (nSPS) is 18.6. The second kappa shape index (κ2) is 10.6. The minimum absolute atomic E-state index is 0.165. The maximum Gasteiger partial charge on any atom is 0.125 e. The van der Waals surface area contributed by atoms with Gasteiger partial charge in [0.05, 0.1) is 11.0 Å². The van der Waals surface area contributed by atoms with Crippen molar-refractivity contribution in [2.75, 3.05) is 6.54 Å². The van der Waals surface area contributed by atoms with Gasteiger partial charge in [0.15, 0.2) is 0 Å². The number of hydrogen-bond acceptors (Lipinski definition) is 5. The van der Waals surface area contributed by atoms with Crippen LogP contribution in [0.5, 0.6) is 5.75 Å². The highest BCUT2D eigenvalue weighted by Gasteiger charge is 2.32. The summed E-state index contributed by atoms with van der Waals surface area (Å²) in [5, 5.41) is 9.95. The van der Waals surface area contributed by atoms with E-state index in [0.717, 1.165) is 53.7 Å². The van der Waals surface area contributed by atoms with Crippen LogP contribution in [0, 0.1) is 19.8 Å². The first kappa shape index (κ1) is 26.1. The lowest BCUT2D eigenvalue weighted by Crippen LogP contribution is -2.32. The van der Waals surface area contributed by atoms with E-state index in [1.807, 2.05) is 24.0 Å². The quantitative estimate of drug-likeness (QED) is 0.225. The van der Waals surface area contributed by atoms with Crippen LogP contribution < -0.4 is 4.74 Å². The molecule has 0 spiro atoms. The third-order valence-electron chi connectivity index (χ3n) is 9.55. The predicted molar refractivity (Wildman–Crippen MR) is 164 cm³/mol. The van der Waals surface area contributed by atoms with Gasteiger partial charge in [-0.25, -0.2) is 4.68 Å². The van der Waals surface area contributed by atoms with E-state index in [4.69, 9.17) is 4.74 Å². The van der Waals surface area contributed by atoms with Crippen molar-refractivity contribution < 1.29 is 4.74 Å². The summed E-state index contributed by atoms with van der Waals surface area (Å²) in [6.45, 7) is 9.38. The number of fused-ring (bicyclic) bond motifs is 3. The van der Waals surface area contributed by atoms with Crippen LogP contribution in [0.15, 0.2) is 60.8 Å². The lowest BCUT2D eigenvalue weighted by Gasteiger charge is -2.36. The number of hydrogen-bond donors (Lipinski definition) is 0. The van der Waals surface area contributed by atoms with Gasteiger partial charge in [-0.05, 0) is 91.1 Å². The Morgan fingerprint density at radius 1 is 1.05 bits per heavy atom. The second-order valence-electron chi connectivity index (χ2n) is 12.2. The maximum absolute atomic E-state index is 6.55. The van der Waals surface area contributed by atoms with E-state index in [9.17, 15) is 0 Å². The highest BCUT2D eigenvalue weighted by Crippen LogP contribution is 2.45. The van der Waals surface area contributed by atoms with Gasteiger partial charge in [-0.3, -0.25) is 9.88 Å². The fourth-order valence-corrected chi connectivity index (χ4v) is 6.88. The van der Waals surface area contributed by atoms with Crippen LogP contribution in [0.4, 0.5) is 0 Å². The van der Waals surface area contributed by atoms with Crippen LogP contribution in [0.1, 0.15) is 71.9 Å². The zero-order chi connectivity index (χ0) is 28.1. The third kappa shape index (κ3) is 4.78. The molecule has 210 valence electrons. The Kier molecular flexibility index (Phi) is 6.74. The molecule has 0 bridgehead atoms. The first-order chi connectivity index (χ1) is 20.0. The molecule has 6 heteroatoms. The number of ether oxygens (including phenoxy) is 1. The summed E-state index contributed by atoms with van der Waals surface area (Å²) in [5.41, 5.74) is 11.2. The zero-order valence-electron chi connectivity index (χ0n) is 24.6. The van der Waals surface area contributed by atoms with Crippen molar-refractivity contribution in [3.63, 3.8) is 0 Å². The van der Waals surface area contributed by atoms with E-state index < -0.39 is 0 Å². The fraction of sp³-hybridized carbons (Fsp3) is 0.400. The van der Waals surface area contributed by atoms with Gasteiger partial charge in [0, 0.05) is 49.7 Å². The molecule has 7 rings (SSSR count). The number of aryl methyl sites for hydroxylation is 3. The van der Waals surface area contributed by atoms with Gasteiger partial charge in [-0.2, -0.15) is 0 Å². The third-order valence-corrected chi connectivity index (χ3v) is 9.55. The number of pyridine rings is 1. The highest BCUT2D eigenvalue weighted by atomic mass is 16.5. The van der Waals surface area contributed by atoms with Gasteiger partial charge in [-0.15, -0.1) is 5.10 Å². The molecule has 0 N–H and O–H groups in total. The number of benzene rings is 3. The van der Waals surface area contributed by atoms with Crippen molar-refractivity contribution in [2.24, 2.45) is 13.0 Å². The molecule has 2 aliphatic rings. The molecule has 1 aliphatic carbocycles. The minimum atomic E-state index is 0.165. The molecule has 0 radical (unpaired) electrons. The molecular formula is C35H39N5O. The minimum Gasteiger partial charge on any atom is -0.489 e. The first-order valence-electron chi connectivity index (χ1n) is 15.1. The van der Waals surface area contributed by atoms with Gasteiger partial charge in [-0.1, -0.05) is 48.9 Å². The molecule has 0 saturated heterocycles. The molecule has 3 aromatic carbocycles. The molecule has 1 saturated carbocycles. The molecule has 2 aromatic heterocycles. The Hall–Kier alpha value is -3.77. The topological polar surface area (TPSA) is 56.1 Å². The fourth-order valence-electron chi connectivity index (χ4n) is 6.88. The monoisotopic (exact) mass is 545 g/mol. The first-order valence-corrected chi connectivity index (χ1v) is 15.1. The molecule has 2 atom stereocenters. The van der Waals surface area contributed by atoms with E-state index in [2.05, 4.69) is 89.5 Å². The number of aromatic nitrogens is 4. The van der Waals surface area contributed by atoms with Crippen LogP contribution in [0.3, 0.4) is 0 Å². The van der Waals surface area contributed by atoms with Crippen molar-refractivity contribution in [3.8, 4) is 5.75 Å². The van der Waals surface area contributed by atoms with E-state index in [-0.39, 0.29) is 6.10 Å². The summed E-state index contributed by atoms with van der Waals surface area (Å²) in [4.78, 5) is 7.18. The molecule has 0 amide bonds. The number of nitrogens with zero attached hydrogens (tertiary/aromatic N) is 5. The largest absolute Gasteiger partial charge is 0.489 e. The summed E-state index contributed by atoms with van der Waals surface area (Å²) in [5.74, 6) is 2.05. The molecule has 1 unspecified atom stereocenters.